The van der Waals surface area contributed by atoms with Gasteiger partial charge >= 0.3 is 6.18 Å². The first kappa shape index (κ1) is 25.4. The van der Waals surface area contributed by atoms with Crippen molar-refractivity contribution >= 4 is 23.0 Å². The van der Waals surface area contributed by atoms with Gasteiger partial charge in [0.25, 0.3) is 0 Å². The molecule has 32 heavy (non-hydrogen) atoms. The molecule has 0 aromatic heterocycles. The highest BCUT2D eigenvalue weighted by Crippen LogP contribution is 2.30. The molecule has 0 aliphatic rings. The number of halogens is 6. The van der Waals surface area contributed by atoms with Crippen LogP contribution in [0.15, 0.2) is 36.4 Å². The van der Waals surface area contributed by atoms with Crippen LogP contribution in [0.3, 0.4) is 0 Å². The van der Waals surface area contributed by atoms with Crippen LogP contribution in [0.25, 0.3) is 0 Å². The van der Waals surface area contributed by atoms with Gasteiger partial charge in [-0.3, -0.25) is 4.79 Å². The fourth-order valence-corrected chi connectivity index (χ4v) is 2.91. The number of hydrogen-bond donors (Lipinski definition) is 3. The molecule has 176 valence electrons. The van der Waals surface area contributed by atoms with Gasteiger partial charge in [0.2, 0.25) is 5.91 Å². The van der Waals surface area contributed by atoms with Gasteiger partial charge < -0.3 is 16.4 Å². The monoisotopic (exact) mass is 461 g/mol. The number of nitrogens with two attached hydrogens (primary N) is 1. The van der Waals surface area contributed by atoms with Crippen LogP contribution >= 0.6 is 0 Å². The Balaban J connectivity index is 1.89. The quantitative estimate of drug-likeness (QED) is 0.223. The molecule has 0 radical (unpaired) electrons. The Morgan fingerprint density at radius 1 is 1.03 bits per heavy atom. The Labute approximate surface area is 182 Å². The SMILES string of the molecule is CC(F)[C@H](F)CCCCC(=O)Nc1ccc(NCc2ccc(C(F)(F)F)cc2)c(F)c1N. The fourth-order valence-electron chi connectivity index (χ4n) is 2.91. The normalized spacial score (nSPS) is 13.5. The largest absolute Gasteiger partial charge is 0.416 e. The standard InChI is InChI=1S/C22H25F6N3O/c1-13(23)16(24)4-2-3-5-19(32)31-18-11-10-17(20(25)21(18)29)30-12-14-6-8-15(9-7-14)22(26,27)28/h6-11,13,16,30H,2-5,12,29H2,1H3,(H,31,32)/t13?,16-/m1/s1. The summed E-state index contributed by atoms with van der Waals surface area (Å²) in [5, 5.41) is 5.23. The highest BCUT2D eigenvalue weighted by atomic mass is 19.4. The third kappa shape index (κ3) is 7.35. The molecule has 10 heteroatoms. The van der Waals surface area contributed by atoms with Crippen LogP contribution in [0, 0.1) is 5.82 Å². The second-order valence-corrected chi connectivity index (χ2v) is 7.42. The molecule has 1 unspecified atom stereocenters. The van der Waals surface area contributed by atoms with E-state index in [0.717, 1.165) is 19.1 Å². The zero-order chi connectivity index (χ0) is 23.9. The summed E-state index contributed by atoms with van der Waals surface area (Å²) in [5.74, 6) is -1.25. The van der Waals surface area contributed by atoms with E-state index in [9.17, 15) is 31.1 Å². The lowest BCUT2D eigenvalue weighted by molar-refractivity contribution is -0.137. The predicted molar refractivity (Wildman–Crippen MR) is 112 cm³/mol. The van der Waals surface area contributed by atoms with E-state index in [1.807, 2.05) is 0 Å². The lowest BCUT2D eigenvalue weighted by Gasteiger charge is -2.14. The molecule has 4 nitrogen and oxygen atoms in total. The van der Waals surface area contributed by atoms with E-state index >= 15 is 0 Å². The molecule has 4 N–H and O–H groups in total. The number of unbranched alkanes of at least 4 members (excludes halogenated alkanes) is 1. The van der Waals surface area contributed by atoms with Gasteiger partial charge in [0, 0.05) is 13.0 Å². The molecule has 0 spiro atoms. The number of rotatable bonds is 10. The first-order valence-electron chi connectivity index (χ1n) is 10.0. The van der Waals surface area contributed by atoms with Gasteiger partial charge in [-0.15, -0.1) is 0 Å². The zero-order valence-corrected chi connectivity index (χ0v) is 17.4. The number of amides is 1. The highest BCUT2D eigenvalue weighted by molar-refractivity contribution is 5.94. The molecule has 0 heterocycles. The molecule has 0 saturated heterocycles. The van der Waals surface area contributed by atoms with Gasteiger partial charge in [-0.25, -0.2) is 13.2 Å². The van der Waals surface area contributed by atoms with E-state index in [2.05, 4.69) is 10.6 Å². The van der Waals surface area contributed by atoms with Crippen molar-refractivity contribution in [2.45, 2.75) is 57.7 Å². The van der Waals surface area contributed by atoms with Crippen LogP contribution in [0.5, 0.6) is 0 Å². The number of carbonyl (C=O) groups excluding carboxylic acids is 1. The van der Waals surface area contributed by atoms with Crippen molar-refractivity contribution < 1.29 is 31.1 Å². The molecule has 1 amide bonds. The Morgan fingerprint density at radius 2 is 1.66 bits per heavy atom. The first-order chi connectivity index (χ1) is 15.0. The minimum Gasteiger partial charge on any atom is -0.395 e. The number of alkyl halides is 5. The van der Waals surface area contributed by atoms with E-state index in [0.29, 0.717) is 18.4 Å². The number of anilines is 3. The lowest BCUT2D eigenvalue weighted by Crippen LogP contribution is -2.15. The van der Waals surface area contributed by atoms with Crippen molar-refractivity contribution in [2.24, 2.45) is 0 Å². The molecular weight excluding hydrogens is 436 g/mol. The maximum Gasteiger partial charge on any atom is 0.416 e. The van der Waals surface area contributed by atoms with Crippen molar-refractivity contribution in [3.8, 4) is 0 Å². The fraction of sp³-hybridized carbons (Fsp3) is 0.409. The Morgan fingerprint density at radius 3 is 2.25 bits per heavy atom. The van der Waals surface area contributed by atoms with Crippen molar-refractivity contribution in [1.82, 2.24) is 0 Å². The summed E-state index contributed by atoms with van der Waals surface area (Å²) in [4.78, 5) is 12.0. The van der Waals surface area contributed by atoms with Crippen molar-refractivity contribution in [3.05, 3.63) is 53.3 Å². The third-order valence-corrected chi connectivity index (χ3v) is 4.85. The maximum atomic E-state index is 14.5. The minimum atomic E-state index is -4.44. The van der Waals surface area contributed by atoms with Crippen molar-refractivity contribution in [3.63, 3.8) is 0 Å². The number of benzene rings is 2. The topological polar surface area (TPSA) is 67.2 Å². The smallest absolute Gasteiger partial charge is 0.395 e. The van der Waals surface area contributed by atoms with E-state index in [-0.39, 0.29) is 36.4 Å². The molecule has 0 fully saturated rings. The third-order valence-electron chi connectivity index (χ3n) is 4.85. The van der Waals surface area contributed by atoms with Crippen LogP contribution in [-0.2, 0) is 17.5 Å². The van der Waals surface area contributed by atoms with Crippen LogP contribution in [0.1, 0.15) is 43.7 Å². The van der Waals surface area contributed by atoms with Crippen LogP contribution in [0.2, 0.25) is 0 Å². The second kappa shape index (κ2) is 11.1. The number of hydrogen-bond acceptors (Lipinski definition) is 3. The van der Waals surface area contributed by atoms with E-state index in [1.54, 1.807) is 0 Å². The van der Waals surface area contributed by atoms with Gasteiger partial charge in [-0.05, 0) is 56.0 Å². The summed E-state index contributed by atoms with van der Waals surface area (Å²) < 4.78 is 78.3. The molecule has 2 aromatic rings. The Hall–Kier alpha value is -2.91. The molecule has 0 saturated carbocycles. The van der Waals surface area contributed by atoms with E-state index < -0.39 is 35.8 Å². The summed E-state index contributed by atoms with van der Waals surface area (Å²) >= 11 is 0. The molecule has 0 aliphatic heterocycles. The summed E-state index contributed by atoms with van der Waals surface area (Å²) in [7, 11) is 0. The summed E-state index contributed by atoms with van der Waals surface area (Å²) in [6.45, 7) is 1.20. The van der Waals surface area contributed by atoms with E-state index in [4.69, 9.17) is 5.73 Å². The second-order valence-electron chi connectivity index (χ2n) is 7.42. The Bertz CT molecular complexity index is 900. The van der Waals surface area contributed by atoms with Gasteiger partial charge in [0.05, 0.1) is 22.6 Å². The van der Waals surface area contributed by atoms with Gasteiger partial charge in [0.1, 0.15) is 12.3 Å². The molecule has 2 aromatic carbocycles. The van der Waals surface area contributed by atoms with Crippen LogP contribution in [-0.4, -0.2) is 18.3 Å². The maximum absolute atomic E-state index is 14.5. The molecule has 0 aliphatic carbocycles. The number of carbonyl (C=O) groups is 1. The first-order valence-corrected chi connectivity index (χ1v) is 10.0. The minimum absolute atomic E-state index is 0.0149. The zero-order valence-electron chi connectivity index (χ0n) is 17.4. The summed E-state index contributed by atoms with van der Waals surface area (Å²) in [6.07, 6.45) is -6.82. The van der Waals surface area contributed by atoms with Gasteiger partial charge in [-0.1, -0.05) is 12.1 Å². The summed E-state index contributed by atoms with van der Waals surface area (Å²) in [5.41, 5.74) is 5.26. The molecule has 2 atom stereocenters. The van der Waals surface area contributed by atoms with Gasteiger partial charge in [0.15, 0.2) is 5.82 Å². The number of nitrogen functional groups attached to an aromatic ring is 1. The molecule has 2 rings (SSSR count). The van der Waals surface area contributed by atoms with Crippen molar-refractivity contribution in [1.29, 1.82) is 0 Å². The molecular formula is C22H25F6N3O. The summed E-state index contributed by atoms with van der Waals surface area (Å²) in [6, 6.07) is 7.18. The van der Waals surface area contributed by atoms with E-state index in [1.165, 1.54) is 24.3 Å². The van der Waals surface area contributed by atoms with Crippen LogP contribution in [0.4, 0.5) is 43.4 Å². The van der Waals surface area contributed by atoms with Crippen LogP contribution < -0.4 is 16.4 Å². The predicted octanol–water partition coefficient (Wildman–Crippen LogP) is 6.23. The molecule has 0 bridgehead atoms. The highest BCUT2D eigenvalue weighted by Gasteiger charge is 2.29. The van der Waals surface area contributed by atoms with Crippen molar-refractivity contribution in [2.75, 3.05) is 16.4 Å². The lowest BCUT2D eigenvalue weighted by atomic mass is 10.1. The Kier molecular flexibility index (Phi) is 8.80. The van der Waals surface area contributed by atoms with Gasteiger partial charge in [-0.2, -0.15) is 13.2 Å². The average molecular weight is 461 g/mol. The average Bonchev–Trinajstić information content (AvgIpc) is 2.73. The number of nitrogens with one attached hydrogen (secondary N) is 2.